The van der Waals surface area contributed by atoms with Crippen LogP contribution in [0, 0.1) is 0 Å². The van der Waals surface area contributed by atoms with Gasteiger partial charge in [-0.1, -0.05) is 34.8 Å². The first kappa shape index (κ1) is 15.4. The summed E-state index contributed by atoms with van der Waals surface area (Å²) in [6.45, 7) is 2.17. The summed E-state index contributed by atoms with van der Waals surface area (Å²) < 4.78 is 10.5. The lowest BCUT2D eigenvalue weighted by Gasteiger charge is -2.08. The highest BCUT2D eigenvalue weighted by atomic mass is 35.5. The lowest BCUT2D eigenvalue weighted by molar-refractivity contribution is 0.303. The van der Waals surface area contributed by atoms with Gasteiger partial charge in [0.25, 0.3) is 0 Å². The van der Waals surface area contributed by atoms with Gasteiger partial charge >= 0.3 is 12.0 Å². The van der Waals surface area contributed by atoms with Gasteiger partial charge in [-0.3, -0.25) is 0 Å². The molecule has 0 N–H and O–H groups in total. The second kappa shape index (κ2) is 6.63. The minimum atomic E-state index is -0.0614. The Hall–Kier alpha value is -1.01. The van der Waals surface area contributed by atoms with E-state index in [1.807, 2.05) is 0 Å². The number of hydrogen-bond acceptors (Lipinski definition) is 5. The van der Waals surface area contributed by atoms with Gasteiger partial charge in [-0.05, 0) is 24.6 Å². The molecule has 9 heteroatoms. The van der Waals surface area contributed by atoms with Crippen molar-refractivity contribution in [1.82, 2.24) is 15.0 Å². The molecule has 0 amide bonds. The quantitative estimate of drug-likeness (QED) is 0.746. The molecular weight excluding hydrogens is 348 g/mol. The topological polar surface area (TPSA) is 57.1 Å². The lowest BCUT2D eigenvalue weighted by Crippen LogP contribution is -2.01. The van der Waals surface area contributed by atoms with Gasteiger partial charge in [0.15, 0.2) is 5.75 Å². The van der Waals surface area contributed by atoms with Crippen LogP contribution in [0.2, 0.25) is 20.4 Å². The zero-order valence-electron chi connectivity index (χ0n) is 10.0. The molecule has 1 heterocycles. The molecule has 0 aliphatic carbocycles. The summed E-state index contributed by atoms with van der Waals surface area (Å²) in [7, 11) is 0. The smallest absolute Gasteiger partial charge is 0.329 e. The summed E-state index contributed by atoms with van der Waals surface area (Å²) in [5, 5.41) is 0.799. The van der Waals surface area contributed by atoms with Crippen LogP contribution in [0.3, 0.4) is 0 Å². The van der Waals surface area contributed by atoms with Crippen molar-refractivity contribution >= 4 is 46.4 Å². The molecule has 0 saturated heterocycles. The number of rotatable bonds is 4. The number of benzene rings is 1. The Kier molecular flexibility index (Phi) is 5.10. The van der Waals surface area contributed by atoms with Crippen LogP contribution in [0.5, 0.6) is 17.8 Å². The molecule has 0 atom stereocenters. The van der Waals surface area contributed by atoms with Crippen LogP contribution in [0.4, 0.5) is 0 Å². The minimum absolute atomic E-state index is 0.0543. The van der Waals surface area contributed by atoms with E-state index >= 15 is 0 Å². The highest BCUT2D eigenvalue weighted by molar-refractivity contribution is 6.43. The van der Waals surface area contributed by atoms with Crippen LogP contribution >= 0.6 is 46.4 Å². The third-order valence-electron chi connectivity index (χ3n) is 2.02. The second-order valence-corrected chi connectivity index (χ2v) is 4.96. The van der Waals surface area contributed by atoms with Crippen molar-refractivity contribution in [3.63, 3.8) is 0 Å². The first-order valence-corrected chi connectivity index (χ1v) is 6.87. The van der Waals surface area contributed by atoms with Gasteiger partial charge in [-0.2, -0.15) is 9.97 Å². The summed E-state index contributed by atoms with van der Waals surface area (Å²) >= 11 is 23.5. The van der Waals surface area contributed by atoms with Gasteiger partial charge < -0.3 is 9.47 Å². The Labute approximate surface area is 134 Å². The molecule has 0 bridgehead atoms. The zero-order chi connectivity index (χ0) is 14.7. The Bertz CT molecular complexity index is 639. The predicted octanol–water partition coefficient (Wildman–Crippen LogP) is 4.68. The molecule has 2 aromatic rings. The van der Waals surface area contributed by atoms with Crippen molar-refractivity contribution in [3.8, 4) is 17.8 Å². The summed E-state index contributed by atoms with van der Waals surface area (Å²) in [5.41, 5.74) is 0. The van der Waals surface area contributed by atoms with Gasteiger partial charge in [0.1, 0.15) is 0 Å². The normalized spacial score (nSPS) is 10.4. The van der Waals surface area contributed by atoms with Gasteiger partial charge in [-0.25, -0.2) is 0 Å². The Morgan fingerprint density at radius 3 is 2.25 bits per heavy atom. The first-order valence-electron chi connectivity index (χ1n) is 5.36. The van der Waals surface area contributed by atoms with E-state index in [1.54, 1.807) is 6.92 Å². The van der Waals surface area contributed by atoms with Crippen molar-refractivity contribution < 1.29 is 9.47 Å². The van der Waals surface area contributed by atoms with Gasteiger partial charge in [0.2, 0.25) is 5.28 Å². The average molecular weight is 355 g/mol. The standard InChI is InChI=1S/C11H7Cl4N3O2/c1-2-19-10-16-9(15)17-11(18-10)20-8-4-6(13)5(12)3-7(8)14/h3-4H,2H2,1H3. The van der Waals surface area contributed by atoms with Gasteiger partial charge in [-0.15, -0.1) is 4.98 Å². The average Bonchev–Trinajstić information content (AvgIpc) is 2.35. The molecule has 1 aromatic carbocycles. The molecular formula is C11H7Cl4N3O2. The van der Waals surface area contributed by atoms with Crippen LogP contribution in [0.25, 0.3) is 0 Å². The van der Waals surface area contributed by atoms with E-state index in [0.29, 0.717) is 11.6 Å². The largest absolute Gasteiger partial charge is 0.464 e. The number of nitrogens with zero attached hydrogens (tertiary/aromatic N) is 3. The van der Waals surface area contributed by atoms with Gasteiger partial charge in [0, 0.05) is 6.07 Å². The van der Waals surface area contributed by atoms with Crippen molar-refractivity contribution in [1.29, 1.82) is 0 Å². The molecule has 0 unspecified atom stereocenters. The fourth-order valence-corrected chi connectivity index (χ4v) is 1.95. The summed E-state index contributed by atoms with van der Waals surface area (Å²) in [5.74, 6) is 0.241. The van der Waals surface area contributed by atoms with Gasteiger partial charge in [0.05, 0.1) is 21.7 Å². The minimum Gasteiger partial charge on any atom is -0.464 e. The van der Waals surface area contributed by atoms with E-state index in [1.165, 1.54) is 12.1 Å². The van der Waals surface area contributed by atoms with E-state index < -0.39 is 0 Å². The number of ether oxygens (including phenoxy) is 2. The zero-order valence-corrected chi connectivity index (χ0v) is 13.1. The molecule has 0 saturated carbocycles. The van der Waals surface area contributed by atoms with Crippen molar-refractivity contribution in [2.75, 3.05) is 6.61 Å². The van der Waals surface area contributed by atoms with Crippen molar-refractivity contribution in [2.45, 2.75) is 6.92 Å². The molecule has 5 nitrogen and oxygen atoms in total. The fraction of sp³-hybridized carbons (Fsp3) is 0.182. The fourth-order valence-electron chi connectivity index (χ4n) is 1.23. The maximum Gasteiger partial charge on any atom is 0.329 e. The second-order valence-electron chi connectivity index (χ2n) is 3.40. The van der Waals surface area contributed by atoms with Crippen LogP contribution in [-0.4, -0.2) is 21.6 Å². The summed E-state index contributed by atoms with van der Waals surface area (Å²) in [4.78, 5) is 11.5. The Morgan fingerprint density at radius 1 is 0.900 bits per heavy atom. The summed E-state index contributed by atoms with van der Waals surface area (Å²) in [6.07, 6.45) is 0. The highest BCUT2D eigenvalue weighted by Crippen LogP contribution is 2.35. The molecule has 20 heavy (non-hydrogen) atoms. The van der Waals surface area contributed by atoms with Crippen molar-refractivity contribution in [2.24, 2.45) is 0 Å². The number of hydrogen-bond donors (Lipinski definition) is 0. The molecule has 0 radical (unpaired) electrons. The third-order valence-corrected chi connectivity index (χ3v) is 3.20. The van der Waals surface area contributed by atoms with Crippen LogP contribution in [-0.2, 0) is 0 Å². The predicted molar refractivity (Wildman–Crippen MR) is 77.6 cm³/mol. The maximum atomic E-state index is 5.99. The third kappa shape index (κ3) is 3.76. The summed E-state index contributed by atoms with van der Waals surface area (Å²) in [6, 6.07) is 2.89. The van der Waals surface area contributed by atoms with Crippen LogP contribution in [0.15, 0.2) is 12.1 Å². The highest BCUT2D eigenvalue weighted by Gasteiger charge is 2.12. The van der Waals surface area contributed by atoms with E-state index in [4.69, 9.17) is 55.9 Å². The monoisotopic (exact) mass is 353 g/mol. The number of aromatic nitrogens is 3. The van der Waals surface area contributed by atoms with Crippen molar-refractivity contribution in [3.05, 3.63) is 32.5 Å². The molecule has 0 fully saturated rings. The lowest BCUT2D eigenvalue weighted by atomic mass is 10.3. The Balaban J connectivity index is 2.32. The first-order chi connectivity index (χ1) is 9.49. The molecule has 0 aliphatic heterocycles. The Morgan fingerprint density at radius 2 is 1.55 bits per heavy atom. The molecule has 106 valence electrons. The molecule has 0 aliphatic rings. The van der Waals surface area contributed by atoms with Crippen LogP contribution in [0.1, 0.15) is 6.92 Å². The van der Waals surface area contributed by atoms with Crippen LogP contribution < -0.4 is 9.47 Å². The maximum absolute atomic E-state index is 5.99. The SMILES string of the molecule is CCOc1nc(Cl)nc(Oc2cc(Cl)c(Cl)cc2Cl)n1. The number of halogens is 4. The van der Waals surface area contributed by atoms with E-state index in [-0.39, 0.29) is 33.1 Å². The van der Waals surface area contributed by atoms with E-state index in [9.17, 15) is 0 Å². The molecule has 1 aromatic heterocycles. The molecule has 0 spiro atoms. The van der Waals surface area contributed by atoms with E-state index in [0.717, 1.165) is 0 Å². The van der Waals surface area contributed by atoms with E-state index in [2.05, 4.69) is 15.0 Å². The molecule has 2 rings (SSSR count).